The third-order valence-electron chi connectivity index (χ3n) is 5.55. The molecule has 1 aliphatic rings. The number of aromatic nitrogens is 3. The van der Waals surface area contributed by atoms with Crippen molar-refractivity contribution in [3.63, 3.8) is 0 Å². The lowest BCUT2D eigenvalue weighted by molar-refractivity contribution is -0.134. The predicted molar refractivity (Wildman–Crippen MR) is 113 cm³/mol. The largest absolute Gasteiger partial charge is 0.496 e. The van der Waals surface area contributed by atoms with Crippen molar-refractivity contribution in [1.82, 2.24) is 19.3 Å². The number of imidazole rings is 1. The van der Waals surface area contributed by atoms with Crippen molar-refractivity contribution in [2.45, 2.75) is 38.6 Å². The van der Waals surface area contributed by atoms with Crippen LogP contribution in [0.15, 0.2) is 42.9 Å². The highest BCUT2D eigenvalue weighted by Gasteiger charge is 2.23. The molecule has 1 aromatic carbocycles. The van der Waals surface area contributed by atoms with E-state index in [0.29, 0.717) is 19.0 Å². The van der Waals surface area contributed by atoms with E-state index in [1.807, 2.05) is 39.8 Å². The molecule has 3 heterocycles. The number of piperidine rings is 1. The van der Waals surface area contributed by atoms with Crippen LogP contribution >= 0.6 is 0 Å². The summed E-state index contributed by atoms with van der Waals surface area (Å²) in [6, 6.07) is 8.14. The minimum atomic E-state index is 0.207. The van der Waals surface area contributed by atoms with Gasteiger partial charge >= 0.3 is 0 Å². The fourth-order valence-corrected chi connectivity index (χ4v) is 4.00. The first-order chi connectivity index (χ1) is 14.2. The minimum Gasteiger partial charge on any atom is -0.496 e. The number of carbonyl (C=O) groups excluding carboxylic acids is 1. The second-order valence-corrected chi connectivity index (χ2v) is 7.42. The third kappa shape index (κ3) is 3.90. The lowest BCUT2D eigenvalue weighted by atomic mass is 10.0. The number of nitrogens with one attached hydrogen (secondary N) is 1. The number of ether oxygens (including phenoxy) is 1. The van der Waals surface area contributed by atoms with E-state index in [0.717, 1.165) is 47.9 Å². The zero-order valence-corrected chi connectivity index (χ0v) is 17.0. The van der Waals surface area contributed by atoms with Gasteiger partial charge in [-0.2, -0.15) is 0 Å². The number of amides is 1. The zero-order chi connectivity index (χ0) is 20.2. The van der Waals surface area contributed by atoms with E-state index in [4.69, 9.17) is 9.72 Å². The molecule has 29 heavy (non-hydrogen) atoms. The molecule has 1 fully saturated rings. The van der Waals surface area contributed by atoms with E-state index in [9.17, 15) is 4.79 Å². The molecule has 0 spiro atoms. The van der Waals surface area contributed by atoms with E-state index >= 15 is 0 Å². The number of carbonyl (C=O) groups is 1. The summed E-state index contributed by atoms with van der Waals surface area (Å²) in [5, 5.41) is 3.44. The Morgan fingerprint density at radius 3 is 3.00 bits per heavy atom. The van der Waals surface area contributed by atoms with Gasteiger partial charge in [-0.3, -0.25) is 14.2 Å². The summed E-state index contributed by atoms with van der Waals surface area (Å²) >= 11 is 0. The second-order valence-electron chi connectivity index (χ2n) is 7.42. The summed E-state index contributed by atoms with van der Waals surface area (Å²) in [6.07, 6.45) is 9.18. The molecule has 1 saturated heterocycles. The monoisotopic (exact) mass is 393 g/mol. The van der Waals surface area contributed by atoms with Gasteiger partial charge in [-0.1, -0.05) is 12.1 Å². The highest BCUT2D eigenvalue weighted by molar-refractivity contribution is 5.81. The maximum atomic E-state index is 12.7. The lowest BCUT2D eigenvalue weighted by Gasteiger charge is -2.33. The van der Waals surface area contributed by atoms with Crippen LogP contribution in [0.25, 0.3) is 16.9 Å². The fourth-order valence-electron chi connectivity index (χ4n) is 4.00. The normalized spacial score (nSPS) is 16.8. The van der Waals surface area contributed by atoms with Gasteiger partial charge < -0.3 is 15.0 Å². The summed E-state index contributed by atoms with van der Waals surface area (Å²) in [6.45, 7) is 3.55. The predicted octanol–water partition coefficient (Wildman–Crippen LogP) is 3.61. The Bertz CT molecular complexity index is 1000. The zero-order valence-electron chi connectivity index (χ0n) is 17.0. The summed E-state index contributed by atoms with van der Waals surface area (Å²) in [4.78, 5) is 23.6. The summed E-state index contributed by atoms with van der Waals surface area (Å²) in [5.41, 5.74) is 2.43. The quantitative estimate of drug-likeness (QED) is 0.693. The number of hydrogen-bond donors (Lipinski definition) is 1. The van der Waals surface area contributed by atoms with Crippen LogP contribution in [0.5, 0.6) is 5.75 Å². The molecule has 1 aliphatic heterocycles. The summed E-state index contributed by atoms with van der Waals surface area (Å²) < 4.78 is 7.49. The van der Waals surface area contributed by atoms with Crippen molar-refractivity contribution in [1.29, 1.82) is 0 Å². The molecule has 0 aliphatic carbocycles. The second kappa shape index (κ2) is 8.51. The van der Waals surface area contributed by atoms with Crippen LogP contribution in [0.4, 0.5) is 5.82 Å². The molecule has 1 atom stereocenters. The van der Waals surface area contributed by atoms with Crippen LogP contribution < -0.4 is 10.1 Å². The molecule has 7 heteroatoms. The van der Waals surface area contributed by atoms with Crippen LogP contribution in [-0.4, -0.2) is 51.4 Å². The molecule has 0 saturated carbocycles. The average molecular weight is 393 g/mol. The van der Waals surface area contributed by atoms with Gasteiger partial charge in [0.15, 0.2) is 5.65 Å². The van der Waals surface area contributed by atoms with Gasteiger partial charge in [-0.15, -0.1) is 0 Å². The molecular formula is C22H27N5O2. The molecule has 4 rings (SSSR count). The number of benzene rings is 1. The van der Waals surface area contributed by atoms with Crippen LogP contribution in [0, 0.1) is 0 Å². The molecule has 1 amide bonds. The van der Waals surface area contributed by atoms with Crippen molar-refractivity contribution >= 4 is 17.4 Å². The molecule has 1 unspecified atom stereocenters. The number of nitrogens with zero attached hydrogens (tertiary/aromatic N) is 4. The lowest BCUT2D eigenvalue weighted by Crippen LogP contribution is -2.42. The maximum Gasteiger partial charge on any atom is 0.224 e. The van der Waals surface area contributed by atoms with Crippen molar-refractivity contribution in [2.75, 3.05) is 25.5 Å². The van der Waals surface area contributed by atoms with Gasteiger partial charge in [0.2, 0.25) is 5.91 Å². The number of rotatable bonds is 6. The first-order valence-electron chi connectivity index (χ1n) is 10.2. The topological polar surface area (TPSA) is 71.8 Å². The molecule has 0 bridgehead atoms. The Labute approximate surface area is 170 Å². The average Bonchev–Trinajstić information content (AvgIpc) is 3.12. The minimum absolute atomic E-state index is 0.207. The Balaban J connectivity index is 1.57. The highest BCUT2D eigenvalue weighted by Crippen LogP contribution is 2.34. The van der Waals surface area contributed by atoms with E-state index in [1.165, 1.54) is 6.42 Å². The van der Waals surface area contributed by atoms with Crippen LogP contribution in [0.3, 0.4) is 0 Å². The van der Waals surface area contributed by atoms with Crippen LogP contribution in [0.2, 0.25) is 0 Å². The Kier molecular flexibility index (Phi) is 5.64. The number of para-hydroxylation sites is 1. The van der Waals surface area contributed by atoms with E-state index in [1.54, 1.807) is 19.5 Å². The number of likely N-dealkylation sites (tertiary alicyclic amines) is 1. The molecule has 1 N–H and O–H groups in total. The van der Waals surface area contributed by atoms with Crippen molar-refractivity contribution in [3.05, 3.63) is 42.9 Å². The van der Waals surface area contributed by atoms with Gasteiger partial charge in [0.05, 0.1) is 13.3 Å². The third-order valence-corrected chi connectivity index (χ3v) is 5.55. The van der Waals surface area contributed by atoms with E-state index in [-0.39, 0.29) is 5.91 Å². The Hall–Kier alpha value is -3.09. The van der Waals surface area contributed by atoms with Crippen LogP contribution in [-0.2, 0) is 4.79 Å². The molecule has 0 radical (unpaired) electrons. The number of anilines is 1. The standard InChI is InChI=1S/C22H27N5O2/c1-16-7-5-6-13-26(16)20(28)10-11-24-22-21(17-8-3-4-9-18(17)29-2)25-19-15-23-12-14-27(19)22/h3-4,8-9,12,14-16,24H,5-7,10-11,13H2,1-2H3. The maximum absolute atomic E-state index is 12.7. The number of methoxy groups -OCH3 is 1. The SMILES string of the molecule is COc1ccccc1-c1nc2cnccn2c1NCCC(=O)N1CCCCC1C. The van der Waals surface area contributed by atoms with E-state index in [2.05, 4.69) is 17.2 Å². The molecule has 2 aromatic heterocycles. The van der Waals surface area contributed by atoms with Gasteiger partial charge in [0.1, 0.15) is 17.3 Å². The van der Waals surface area contributed by atoms with Gasteiger partial charge in [0, 0.05) is 43.5 Å². The Morgan fingerprint density at radius 1 is 1.31 bits per heavy atom. The number of fused-ring (bicyclic) bond motifs is 1. The molecule has 152 valence electrons. The highest BCUT2D eigenvalue weighted by atomic mass is 16.5. The summed E-state index contributed by atoms with van der Waals surface area (Å²) in [5.74, 6) is 1.80. The first kappa shape index (κ1) is 19.2. The Morgan fingerprint density at radius 2 is 2.17 bits per heavy atom. The summed E-state index contributed by atoms with van der Waals surface area (Å²) in [7, 11) is 1.65. The molecule has 3 aromatic rings. The molecular weight excluding hydrogens is 366 g/mol. The fraction of sp³-hybridized carbons (Fsp3) is 0.409. The van der Waals surface area contributed by atoms with Crippen molar-refractivity contribution in [2.24, 2.45) is 0 Å². The molecule has 7 nitrogen and oxygen atoms in total. The van der Waals surface area contributed by atoms with Crippen molar-refractivity contribution < 1.29 is 9.53 Å². The van der Waals surface area contributed by atoms with Gasteiger partial charge in [-0.05, 0) is 38.3 Å². The van der Waals surface area contributed by atoms with Crippen molar-refractivity contribution in [3.8, 4) is 17.0 Å². The smallest absolute Gasteiger partial charge is 0.224 e. The van der Waals surface area contributed by atoms with Gasteiger partial charge in [0.25, 0.3) is 0 Å². The first-order valence-corrected chi connectivity index (χ1v) is 10.2. The van der Waals surface area contributed by atoms with Crippen LogP contribution in [0.1, 0.15) is 32.6 Å². The van der Waals surface area contributed by atoms with Gasteiger partial charge in [-0.25, -0.2) is 4.98 Å². The number of hydrogen-bond acceptors (Lipinski definition) is 5. The van der Waals surface area contributed by atoms with E-state index < -0.39 is 0 Å².